The van der Waals surface area contributed by atoms with Crippen LogP contribution in [0.25, 0.3) is 0 Å². The van der Waals surface area contributed by atoms with Gasteiger partial charge in [-0.15, -0.1) is 0 Å². The van der Waals surface area contributed by atoms with Gasteiger partial charge in [-0.25, -0.2) is 0 Å². The Morgan fingerprint density at radius 2 is 1.42 bits per heavy atom. The van der Waals surface area contributed by atoms with E-state index in [2.05, 4.69) is 0 Å². The molecule has 6 nitrogen and oxygen atoms in total. The summed E-state index contributed by atoms with van der Waals surface area (Å²) in [4.78, 5) is 19.2. The molecular formula is C6H2N2O4. The molecule has 2 aliphatic rings. The Morgan fingerprint density at radius 1 is 1.00 bits per heavy atom. The molecule has 0 amide bonds. The summed E-state index contributed by atoms with van der Waals surface area (Å²) in [5, 5.41) is 21.2. The molecule has 0 bridgehead atoms. The first-order valence-electron chi connectivity index (χ1n) is 3.08. The molecular weight excluding hydrogens is 164 g/mol. The van der Waals surface area contributed by atoms with Gasteiger partial charge in [-0.05, 0) is 0 Å². The molecule has 60 valence electrons. The molecule has 0 unspecified atom stereocenters. The van der Waals surface area contributed by atoms with E-state index in [-0.39, 0.29) is 16.6 Å². The zero-order valence-corrected chi connectivity index (χ0v) is 5.68. The standard InChI is InChI=1S/C6H2N2O4/c9-7(10)4-1-3-2-5(6(3)4)8(11)12/h1-2H. The minimum Gasteiger partial charge on any atom is -0.258 e. The van der Waals surface area contributed by atoms with Crippen LogP contribution in [0.5, 0.6) is 0 Å². The van der Waals surface area contributed by atoms with Crippen LogP contribution in [0, 0.1) is 30.7 Å². The van der Waals surface area contributed by atoms with Crippen molar-refractivity contribution in [2.45, 2.75) is 0 Å². The Hall–Kier alpha value is -1.98. The number of nitro groups is 2. The summed E-state index contributed by atoms with van der Waals surface area (Å²) in [6.45, 7) is 0. The van der Waals surface area contributed by atoms with E-state index in [1.54, 1.807) is 0 Å². The Kier molecular flexibility index (Phi) is 0.999. The van der Waals surface area contributed by atoms with Crippen molar-refractivity contribution in [2.75, 3.05) is 0 Å². The monoisotopic (exact) mass is 166 g/mol. The highest BCUT2D eigenvalue weighted by Gasteiger charge is 2.28. The Labute approximate surface area is 65.0 Å². The van der Waals surface area contributed by atoms with Gasteiger partial charge in [-0.2, -0.15) is 0 Å². The molecule has 12 heavy (non-hydrogen) atoms. The highest BCUT2D eigenvalue weighted by Crippen LogP contribution is 2.33. The summed E-state index contributed by atoms with van der Waals surface area (Å²) >= 11 is 0. The van der Waals surface area contributed by atoms with Crippen LogP contribution in [-0.2, 0) is 0 Å². The predicted octanol–water partition coefficient (Wildman–Crippen LogP) is 1.10. The van der Waals surface area contributed by atoms with Crippen LogP contribution < -0.4 is 0 Å². The average molecular weight is 166 g/mol. The second-order valence-electron chi connectivity index (χ2n) is 2.40. The smallest absolute Gasteiger partial charge is 0.258 e. The van der Waals surface area contributed by atoms with E-state index >= 15 is 0 Å². The van der Waals surface area contributed by atoms with Gasteiger partial charge in [0.05, 0.1) is 9.85 Å². The van der Waals surface area contributed by atoms with E-state index in [4.69, 9.17) is 0 Å². The summed E-state index contributed by atoms with van der Waals surface area (Å²) in [6, 6.07) is 2.64. The molecule has 0 fully saturated rings. The Balaban J connectivity index is 2.57. The van der Waals surface area contributed by atoms with E-state index in [0.717, 1.165) is 0 Å². The second kappa shape index (κ2) is 1.79. The summed E-state index contributed by atoms with van der Waals surface area (Å²) < 4.78 is 0. The van der Waals surface area contributed by atoms with Crippen LogP contribution in [-0.4, -0.2) is 9.85 Å². The second-order valence-corrected chi connectivity index (χ2v) is 2.40. The van der Waals surface area contributed by atoms with Gasteiger partial charge >= 0.3 is 0 Å². The lowest BCUT2D eigenvalue weighted by Crippen LogP contribution is -2.03. The van der Waals surface area contributed by atoms with Gasteiger partial charge < -0.3 is 0 Å². The average Bonchev–Trinajstić information content (AvgIpc) is 1.92. The minimum atomic E-state index is -0.616. The maximum atomic E-state index is 10.2. The van der Waals surface area contributed by atoms with Crippen LogP contribution in [0.1, 0.15) is 0 Å². The maximum absolute atomic E-state index is 10.2. The van der Waals surface area contributed by atoms with Crippen LogP contribution in [0.15, 0.2) is 12.1 Å². The molecule has 0 aliphatic heterocycles. The van der Waals surface area contributed by atoms with Crippen molar-refractivity contribution in [1.29, 1.82) is 0 Å². The van der Waals surface area contributed by atoms with E-state index in [9.17, 15) is 20.2 Å². The van der Waals surface area contributed by atoms with Crippen molar-refractivity contribution < 1.29 is 9.85 Å². The number of nitrogens with zero attached hydrogens (tertiary/aromatic N) is 2. The van der Waals surface area contributed by atoms with Crippen LogP contribution in [0.3, 0.4) is 0 Å². The number of benzene rings is 1. The minimum absolute atomic E-state index is 0.154. The maximum Gasteiger partial charge on any atom is 0.284 e. The van der Waals surface area contributed by atoms with Crippen molar-refractivity contribution in [3.63, 3.8) is 0 Å². The zero-order valence-electron chi connectivity index (χ0n) is 5.68. The van der Waals surface area contributed by atoms with Crippen molar-refractivity contribution >= 4 is 11.4 Å². The van der Waals surface area contributed by atoms with Gasteiger partial charge in [0.25, 0.3) is 11.4 Å². The lowest BCUT2D eigenvalue weighted by atomic mass is 10.0. The third-order valence-corrected chi connectivity index (χ3v) is 1.78. The molecule has 2 rings (SSSR count). The van der Waals surface area contributed by atoms with Gasteiger partial charge in [0.1, 0.15) is 5.22 Å². The first kappa shape index (κ1) is 6.71. The van der Waals surface area contributed by atoms with Crippen molar-refractivity contribution in [2.24, 2.45) is 0 Å². The molecule has 0 radical (unpaired) electrons. The van der Waals surface area contributed by atoms with E-state index < -0.39 is 9.85 Å². The Morgan fingerprint density at radius 3 is 1.67 bits per heavy atom. The summed E-state index contributed by atoms with van der Waals surface area (Å²) in [7, 11) is 0. The Bertz CT molecular complexity index is 452. The summed E-state index contributed by atoms with van der Waals surface area (Å²) in [5.74, 6) is 0. The van der Waals surface area contributed by atoms with Gasteiger partial charge in [-0.1, -0.05) is 0 Å². The first-order chi connectivity index (χ1) is 5.61. The van der Waals surface area contributed by atoms with Gasteiger partial charge in [0, 0.05) is 17.4 Å². The number of hydrogen-bond donors (Lipinski definition) is 0. The number of nitro benzene ring substituents is 2. The van der Waals surface area contributed by atoms with E-state index in [0.29, 0.717) is 5.22 Å². The zero-order chi connectivity index (χ0) is 8.88. The summed E-state index contributed by atoms with van der Waals surface area (Å²) in [6.07, 6.45) is 0. The number of hydrogen-bond acceptors (Lipinski definition) is 4. The van der Waals surface area contributed by atoms with Crippen LogP contribution in [0.4, 0.5) is 11.4 Å². The molecule has 0 heterocycles. The molecule has 0 aromatic carbocycles. The van der Waals surface area contributed by atoms with Crippen LogP contribution in [0.2, 0.25) is 0 Å². The van der Waals surface area contributed by atoms with Gasteiger partial charge in [0.15, 0.2) is 0 Å². The molecule has 6 heteroatoms. The molecule has 0 saturated carbocycles. The van der Waals surface area contributed by atoms with Crippen molar-refractivity contribution in [3.05, 3.63) is 42.8 Å². The quantitative estimate of drug-likeness (QED) is 0.493. The highest BCUT2D eigenvalue weighted by atomic mass is 16.6. The third-order valence-electron chi connectivity index (χ3n) is 1.78. The van der Waals surface area contributed by atoms with Gasteiger partial charge in [-0.3, -0.25) is 20.2 Å². The topological polar surface area (TPSA) is 86.3 Å². The third kappa shape index (κ3) is 0.584. The molecule has 0 aromatic heterocycles. The number of non-ortho nitro benzene ring substituents is 2. The molecule has 0 atom stereocenters. The van der Waals surface area contributed by atoms with E-state index in [1.165, 1.54) is 12.1 Å². The molecule has 2 aliphatic carbocycles. The lowest BCUT2D eigenvalue weighted by molar-refractivity contribution is -0.397. The SMILES string of the molecule is O=[N+]([O-])c1cc2cc([N+](=O)[O-])c1=2. The highest BCUT2D eigenvalue weighted by molar-refractivity contribution is 5.57. The molecule has 0 aromatic rings. The lowest BCUT2D eigenvalue weighted by Gasteiger charge is -2.04. The number of rotatable bonds is 2. The summed E-state index contributed by atoms with van der Waals surface area (Å²) in [5.41, 5.74) is -0.307. The fourth-order valence-corrected chi connectivity index (χ4v) is 1.18. The first-order valence-corrected chi connectivity index (χ1v) is 3.08. The van der Waals surface area contributed by atoms with Crippen molar-refractivity contribution in [1.82, 2.24) is 0 Å². The van der Waals surface area contributed by atoms with Crippen LogP contribution >= 0.6 is 0 Å². The largest absolute Gasteiger partial charge is 0.284 e. The normalized spacial score (nSPS) is 11.0. The molecule has 0 spiro atoms. The molecule has 0 saturated heterocycles. The van der Waals surface area contributed by atoms with Gasteiger partial charge in [0.2, 0.25) is 0 Å². The molecule has 0 N–H and O–H groups in total. The predicted molar refractivity (Wildman–Crippen MR) is 37.4 cm³/mol. The van der Waals surface area contributed by atoms with E-state index in [1.807, 2.05) is 0 Å². The fourth-order valence-electron chi connectivity index (χ4n) is 1.18. The van der Waals surface area contributed by atoms with Crippen molar-refractivity contribution in [3.8, 4) is 0 Å². The fraction of sp³-hybridized carbons (Fsp3) is 0.